The van der Waals surface area contributed by atoms with Crippen molar-refractivity contribution in [3.8, 4) is 11.4 Å². The van der Waals surface area contributed by atoms with Gasteiger partial charge in [-0.15, -0.1) is 0 Å². The maximum Gasteiger partial charge on any atom is 0.317 e. The fraction of sp³-hybridized carbons (Fsp3) is 0.471. The van der Waals surface area contributed by atoms with E-state index in [1.807, 2.05) is 37.3 Å². The van der Waals surface area contributed by atoms with Crippen molar-refractivity contribution in [2.24, 2.45) is 0 Å². The molecule has 1 unspecified atom stereocenters. The molecule has 0 saturated carbocycles. The first-order valence-electron chi connectivity index (χ1n) is 7.86. The van der Waals surface area contributed by atoms with E-state index in [0.29, 0.717) is 18.3 Å². The lowest BCUT2D eigenvalue weighted by Crippen LogP contribution is -2.45. The average Bonchev–Trinajstić information content (AvgIpc) is 3.01. The van der Waals surface area contributed by atoms with Gasteiger partial charge in [-0.05, 0) is 13.8 Å². The van der Waals surface area contributed by atoms with Crippen LogP contribution in [0, 0.1) is 0 Å². The van der Waals surface area contributed by atoms with E-state index in [2.05, 4.69) is 15.5 Å². The Morgan fingerprint density at radius 3 is 2.67 bits per heavy atom. The van der Waals surface area contributed by atoms with Crippen LogP contribution in [-0.4, -0.2) is 51.9 Å². The Balaban J connectivity index is 1.90. The molecule has 24 heavy (non-hydrogen) atoms. The summed E-state index contributed by atoms with van der Waals surface area (Å²) in [4.78, 5) is 17.8. The first kappa shape index (κ1) is 17.9. The molecule has 0 radical (unpaired) electrons. The molecule has 0 saturated heterocycles. The smallest absolute Gasteiger partial charge is 0.317 e. The molecule has 130 valence electrons. The number of nitrogens with one attached hydrogen (secondary N) is 1. The third kappa shape index (κ3) is 5.06. The summed E-state index contributed by atoms with van der Waals surface area (Å²) in [5.41, 5.74) is -0.0527. The van der Waals surface area contributed by atoms with Gasteiger partial charge in [0.15, 0.2) is 0 Å². The number of benzene rings is 1. The minimum atomic E-state index is -0.936. The number of hydrogen-bond acceptors (Lipinski definition) is 5. The van der Waals surface area contributed by atoms with Gasteiger partial charge in [0.2, 0.25) is 11.7 Å². The summed E-state index contributed by atoms with van der Waals surface area (Å²) >= 11 is 0. The third-order valence-corrected chi connectivity index (χ3v) is 3.43. The molecule has 0 aliphatic rings. The predicted molar refractivity (Wildman–Crippen MR) is 90.5 cm³/mol. The van der Waals surface area contributed by atoms with Crippen LogP contribution in [0.4, 0.5) is 4.79 Å². The number of carbonyl (C=O) groups is 1. The Bertz CT molecular complexity index is 664. The van der Waals surface area contributed by atoms with Crippen molar-refractivity contribution >= 4 is 6.03 Å². The summed E-state index contributed by atoms with van der Waals surface area (Å²) in [5, 5.41) is 16.5. The van der Waals surface area contributed by atoms with Crippen LogP contribution in [0.1, 0.15) is 32.6 Å². The van der Waals surface area contributed by atoms with Gasteiger partial charge in [0.1, 0.15) is 0 Å². The first-order chi connectivity index (χ1) is 11.3. The topological polar surface area (TPSA) is 91.5 Å². The second-order valence-electron chi connectivity index (χ2n) is 6.58. The molecule has 0 aliphatic heterocycles. The van der Waals surface area contributed by atoms with Gasteiger partial charge in [0.05, 0.1) is 18.1 Å². The fourth-order valence-corrected chi connectivity index (χ4v) is 2.25. The highest BCUT2D eigenvalue weighted by atomic mass is 16.5. The van der Waals surface area contributed by atoms with E-state index < -0.39 is 5.60 Å². The summed E-state index contributed by atoms with van der Waals surface area (Å²) in [6, 6.07) is 9.31. The van der Waals surface area contributed by atoms with Gasteiger partial charge in [-0.1, -0.05) is 42.4 Å². The van der Waals surface area contributed by atoms with E-state index in [0.717, 1.165) is 5.56 Å². The largest absolute Gasteiger partial charge is 0.389 e. The molecule has 2 N–H and O–H groups in total. The quantitative estimate of drug-likeness (QED) is 0.846. The number of rotatable bonds is 6. The highest BCUT2D eigenvalue weighted by Crippen LogP contribution is 2.19. The Labute approximate surface area is 141 Å². The molecular formula is C17H24N4O3. The zero-order valence-electron chi connectivity index (χ0n) is 14.5. The Morgan fingerprint density at radius 1 is 1.38 bits per heavy atom. The first-order valence-corrected chi connectivity index (χ1v) is 7.86. The number of aliphatic hydroxyl groups is 1. The molecule has 0 bridgehead atoms. The molecule has 0 aliphatic carbocycles. The van der Waals surface area contributed by atoms with Gasteiger partial charge in [-0.3, -0.25) is 0 Å². The number of urea groups is 1. The summed E-state index contributed by atoms with van der Waals surface area (Å²) < 4.78 is 5.29. The standard InChI is InChI=1S/C17H24N4O3/c1-12(10-18-16(22)21(4)11-17(2,3)23)15-19-14(20-24-15)13-8-6-5-7-9-13/h5-9,12,23H,10-11H2,1-4H3,(H,18,22). The van der Waals surface area contributed by atoms with E-state index in [1.54, 1.807) is 20.9 Å². The predicted octanol–water partition coefficient (Wildman–Crippen LogP) is 2.25. The number of nitrogens with zero attached hydrogens (tertiary/aromatic N) is 3. The van der Waals surface area contributed by atoms with Gasteiger partial charge >= 0.3 is 6.03 Å². The van der Waals surface area contributed by atoms with Gasteiger partial charge in [0.25, 0.3) is 0 Å². The zero-order chi connectivity index (χ0) is 17.7. The van der Waals surface area contributed by atoms with Gasteiger partial charge in [-0.25, -0.2) is 4.79 Å². The van der Waals surface area contributed by atoms with Crippen LogP contribution in [0.2, 0.25) is 0 Å². The molecule has 1 atom stereocenters. The van der Waals surface area contributed by atoms with E-state index in [9.17, 15) is 9.90 Å². The van der Waals surface area contributed by atoms with Crippen molar-refractivity contribution in [2.75, 3.05) is 20.1 Å². The molecular weight excluding hydrogens is 308 g/mol. The normalized spacial score (nSPS) is 12.7. The van der Waals surface area contributed by atoms with Crippen molar-refractivity contribution < 1.29 is 14.4 Å². The van der Waals surface area contributed by atoms with Crippen molar-refractivity contribution in [3.63, 3.8) is 0 Å². The highest BCUT2D eigenvalue weighted by molar-refractivity contribution is 5.73. The molecule has 2 aromatic rings. The minimum Gasteiger partial charge on any atom is -0.389 e. The van der Waals surface area contributed by atoms with Crippen LogP contribution in [-0.2, 0) is 0 Å². The van der Waals surface area contributed by atoms with Crippen molar-refractivity contribution in [2.45, 2.75) is 32.3 Å². The number of carbonyl (C=O) groups excluding carboxylic acids is 1. The van der Waals surface area contributed by atoms with E-state index in [1.165, 1.54) is 4.90 Å². The second kappa shape index (κ2) is 7.44. The molecule has 1 aromatic heterocycles. The third-order valence-electron chi connectivity index (χ3n) is 3.43. The number of aromatic nitrogens is 2. The molecule has 0 spiro atoms. The van der Waals surface area contributed by atoms with Crippen molar-refractivity contribution in [3.05, 3.63) is 36.2 Å². The Morgan fingerprint density at radius 2 is 2.04 bits per heavy atom. The molecule has 2 rings (SSSR count). The van der Waals surface area contributed by atoms with Crippen LogP contribution in [0.15, 0.2) is 34.9 Å². The van der Waals surface area contributed by atoms with Crippen LogP contribution in [0.3, 0.4) is 0 Å². The van der Waals surface area contributed by atoms with Crippen molar-refractivity contribution in [1.82, 2.24) is 20.4 Å². The Hall–Kier alpha value is -2.41. The van der Waals surface area contributed by atoms with Crippen LogP contribution >= 0.6 is 0 Å². The maximum absolute atomic E-state index is 12.0. The van der Waals surface area contributed by atoms with Crippen molar-refractivity contribution in [1.29, 1.82) is 0 Å². The fourth-order valence-electron chi connectivity index (χ4n) is 2.25. The maximum atomic E-state index is 12.0. The van der Waals surface area contributed by atoms with E-state index in [-0.39, 0.29) is 18.5 Å². The number of likely N-dealkylation sites (N-methyl/N-ethyl adjacent to an activating group) is 1. The molecule has 0 fully saturated rings. The monoisotopic (exact) mass is 332 g/mol. The highest BCUT2D eigenvalue weighted by Gasteiger charge is 2.21. The summed E-state index contributed by atoms with van der Waals surface area (Å²) in [7, 11) is 1.64. The van der Waals surface area contributed by atoms with Crippen LogP contribution in [0.5, 0.6) is 0 Å². The van der Waals surface area contributed by atoms with Gasteiger partial charge in [-0.2, -0.15) is 4.98 Å². The van der Waals surface area contributed by atoms with E-state index in [4.69, 9.17) is 4.52 Å². The van der Waals surface area contributed by atoms with Crippen LogP contribution < -0.4 is 5.32 Å². The lowest BCUT2D eigenvalue weighted by Gasteiger charge is -2.26. The van der Waals surface area contributed by atoms with Gasteiger partial charge in [0, 0.05) is 19.2 Å². The molecule has 2 amide bonds. The molecule has 1 heterocycles. The van der Waals surface area contributed by atoms with Crippen LogP contribution in [0.25, 0.3) is 11.4 Å². The lowest BCUT2D eigenvalue weighted by molar-refractivity contribution is 0.0531. The van der Waals surface area contributed by atoms with Gasteiger partial charge < -0.3 is 19.8 Å². The second-order valence-corrected chi connectivity index (χ2v) is 6.58. The lowest BCUT2D eigenvalue weighted by atomic mass is 10.1. The minimum absolute atomic E-state index is 0.116. The Kier molecular flexibility index (Phi) is 5.56. The number of amides is 2. The molecule has 7 nitrogen and oxygen atoms in total. The molecule has 7 heteroatoms. The average molecular weight is 332 g/mol. The number of hydrogen-bond donors (Lipinski definition) is 2. The molecule has 1 aromatic carbocycles. The SMILES string of the molecule is CC(CNC(=O)N(C)CC(C)(C)O)c1nc(-c2ccccc2)no1. The summed E-state index contributed by atoms with van der Waals surface area (Å²) in [6.07, 6.45) is 0. The zero-order valence-corrected chi connectivity index (χ0v) is 14.5. The summed E-state index contributed by atoms with van der Waals surface area (Å²) in [5.74, 6) is 0.886. The van der Waals surface area contributed by atoms with E-state index >= 15 is 0 Å². The summed E-state index contributed by atoms with van der Waals surface area (Å²) in [6.45, 7) is 5.82.